The van der Waals surface area contributed by atoms with E-state index in [2.05, 4.69) is 4.98 Å². The minimum absolute atomic E-state index is 0.00883. The van der Waals surface area contributed by atoms with Gasteiger partial charge in [0, 0.05) is 24.2 Å². The summed E-state index contributed by atoms with van der Waals surface area (Å²) in [6.07, 6.45) is 7.13. The number of carbonyl (C=O) groups is 2. The van der Waals surface area contributed by atoms with Crippen LogP contribution in [0, 0.1) is 0 Å². The molecule has 0 radical (unpaired) electrons. The highest BCUT2D eigenvalue weighted by Gasteiger charge is 2.08. The molecule has 0 aliphatic rings. The van der Waals surface area contributed by atoms with Gasteiger partial charge in [-0.2, -0.15) is 0 Å². The van der Waals surface area contributed by atoms with Gasteiger partial charge in [0.15, 0.2) is 5.78 Å². The van der Waals surface area contributed by atoms with E-state index < -0.39 is 5.97 Å². The van der Waals surface area contributed by atoms with Crippen LogP contribution in [0.5, 0.6) is 0 Å². The Hall–Kier alpha value is -4.05. The number of rotatable bonds is 7. The number of ketones is 1. The van der Waals surface area contributed by atoms with Crippen molar-refractivity contribution in [3.63, 3.8) is 0 Å². The summed E-state index contributed by atoms with van der Waals surface area (Å²) in [7, 11) is 0. The molecule has 1 aromatic heterocycles. The van der Waals surface area contributed by atoms with E-state index in [0.29, 0.717) is 12.0 Å². The highest BCUT2D eigenvalue weighted by Crippen LogP contribution is 2.16. The number of allylic oxidation sites excluding steroid dienone is 1. The highest BCUT2D eigenvalue weighted by molar-refractivity contribution is 5.96. The fourth-order valence-electron chi connectivity index (χ4n) is 3.27. The lowest BCUT2D eigenvalue weighted by Crippen LogP contribution is -2.05. The van der Waals surface area contributed by atoms with Crippen LogP contribution < -0.4 is 0 Å². The van der Waals surface area contributed by atoms with Gasteiger partial charge in [-0.25, -0.2) is 4.79 Å². The van der Waals surface area contributed by atoms with E-state index in [1.807, 2.05) is 60.7 Å². The van der Waals surface area contributed by atoms with Crippen molar-refractivity contribution < 1.29 is 14.3 Å². The van der Waals surface area contributed by atoms with Crippen LogP contribution in [0.1, 0.15) is 27.0 Å². The summed E-state index contributed by atoms with van der Waals surface area (Å²) in [5.41, 5.74) is 3.11. The lowest BCUT2D eigenvalue weighted by atomic mass is 10.0. The molecule has 0 spiro atoms. The molecule has 0 aliphatic heterocycles. The molecule has 3 aromatic carbocycles. The lowest BCUT2D eigenvalue weighted by molar-refractivity contribution is -0.113. The Morgan fingerprint density at radius 1 is 0.839 bits per heavy atom. The first kappa shape index (κ1) is 20.2. The van der Waals surface area contributed by atoms with Crippen LogP contribution in [0.25, 0.3) is 16.8 Å². The Bertz CT molecular complexity index is 1250. The second kappa shape index (κ2) is 9.63. The van der Waals surface area contributed by atoms with Gasteiger partial charge in [-0.05, 0) is 46.4 Å². The van der Waals surface area contributed by atoms with Crippen molar-refractivity contribution in [2.45, 2.75) is 13.0 Å². The first-order chi connectivity index (χ1) is 15.2. The fourth-order valence-corrected chi connectivity index (χ4v) is 3.27. The number of carbonyl (C=O) groups excluding carboxylic acids is 2. The number of aromatic nitrogens is 1. The maximum atomic E-state index is 12.4. The lowest BCUT2D eigenvalue weighted by Gasteiger charge is -2.05. The molecule has 1 heterocycles. The van der Waals surface area contributed by atoms with E-state index in [1.54, 1.807) is 42.7 Å². The third kappa shape index (κ3) is 5.52. The van der Waals surface area contributed by atoms with Crippen molar-refractivity contribution in [1.29, 1.82) is 0 Å². The van der Waals surface area contributed by atoms with Gasteiger partial charge in [-0.15, -0.1) is 0 Å². The van der Waals surface area contributed by atoms with E-state index in [1.165, 1.54) is 0 Å². The quantitative estimate of drug-likeness (QED) is 0.303. The summed E-state index contributed by atoms with van der Waals surface area (Å²) >= 11 is 0. The van der Waals surface area contributed by atoms with Gasteiger partial charge in [0.1, 0.15) is 6.61 Å². The Kier molecular flexibility index (Phi) is 6.29. The first-order valence-electron chi connectivity index (χ1n) is 10.0. The fraction of sp³-hybridized carbons (Fsp3) is 0.0741. The third-order valence-corrected chi connectivity index (χ3v) is 4.88. The van der Waals surface area contributed by atoms with Gasteiger partial charge in [0.05, 0.1) is 5.56 Å². The van der Waals surface area contributed by atoms with Crippen LogP contribution in [0.15, 0.2) is 97.3 Å². The molecule has 0 fully saturated rings. The van der Waals surface area contributed by atoms with E-state index in [9.17, 15) is 9.59 Å². The molecule has 0 saturated carbocycles. The molecule has 0 aliphatic carbocycles. The Balaban J connectivity index is 1.38. The Labute approximate surface area is 180 Å². The SMILES string of the molecule is O=C(/C=C/c1cccc(C(=O)OCc2ccccc2)c1)Cc1ccc2cnccc2c1. The van der Waals surface area contributed by atoms with E-state index in [0.717, 1.165) is 27.5 Å². The third-order valence-electron chi connectivity index (χ3n) is 4.88. The van der Waals surface area contributed by atoms with Crippen molar-refractivity contribution in [3.8, 4) is 0 Å². The summed E-state index contributed by atoms with van der Waals surface area (Å²) in [6, 6.07) is 24.4. The molecule has 4 rings (SSSR count). The number of esters is 1. The molecule has 152 valence electrons. The molecule has 0 amide bonds. The molecule has 0 bridgehead atoms. The van der Waals surface area contributed by atoms with Crippen molar-refractivity contribution in [1.82, 2.24) is 4.98 Å². The topological polar surface area (TPSA) is 56.3 Å². The zero-order valence-corrected chi connectivity index (χ0v) is 16.9. The number of benzene rings is 3. The molecule has 4 heteroatoms. The second-order valence-electron chi connectivity index (χ2n) is 7.22. The Morgan fingerprint density at radius 3 is 2.58 bits per heavy atom. The highest BCUT2D eigenvalue weighted by atomic mass is 16.5. The molecule has 0 unspecified atom stereocenters. The van der Waals surface area contributed by atoms with Gasteiger partial charge < -0.3 is 4.74 Å². The van der Waals surface area contributed by atoms with Crippen molar-refractivity contribution in [3.05, 3.63) is 120 Å². The van der Waals surface area contributed by atoms with Crippen molar-refractivity contribution in [2.75, 3.05) is 0 Å². The average Bonchev–Trinajstić information content (AvgIpc) is 2.82. The summed E-state index contributed by atoms with van der Waals surface area (Å²) < 4.78 is 5.37. The number of hydrogen-bond acceptors (Lipinski definition) is 4. The molecule has 4 nitrogen and oxygen atoms in total. The van der Waals surface area contributed by atoms with Crippen molar-refractivity contribution in [2.24, 2.45) is 0 Å². The van der Waals surface area contributed by atoms with Gasteiger partial charge in [0.25, 0.3) is 0 Å². The zero-order valence-electron chi connectivity index (χ0n) is 16.9. The van der Waals surface area contributed by atoms with Gasteiger partial charge in [-0.3, -0.25) is 9.78 Å². The predicted molar refractivity (Wildman–Crippen MR) is 121 cm³/mol. The van der Waals surface area contributed by atoms with Gasteiger partial charge in [0.2, 0.25) is 0 Å². The number of hydrogen-bond donors (Lipinski definition) is 0. The average molecular weight is 407 g/mol. The van der Waals surface area contributed by atoms with Crippen LogP contribution >= 0.6 is 0 Å². The van der Waals surface area contributed by atoms with Gasteiger partial charge >= 0.3 is 5.97 Å². The summed E-state index contributed by atoms with van der Waals surface area (Å²) in [5, 5.41) is 2.11. The predicted octanol–water partition coefficient (Wildman–Crippen LogP) is 5.42. The van der Waals surface area contributed by atoms with Crippen LogP contribution in [0.4, 0.5) is 0 Å². The van der Waals surface area contributed by atoms with Crippen LogP contribution in [0.3, 0.4) is 0 Å². The molecule has 31 heavy (non-hydrogen) atoms. The van der Waals surface area contributed by atoms with E-state index in [4.69, 9.17) is 4.74 Å². The van der Waals surface area contributed by atoms with Crippen LogP contribution in [-0.4, -0.2) is 16.7 Å². The maximum absolute atomic E-state index is 12.4. The number of pyridine rings is 1. The maximum Gasteiger partial charge on any atom is 0.338 e. The molecule has 4 aromatic rings. The molecular weight excluding hydrogens is 386 g/mol. The van der Waals surface area contributed by atoms with E-state index in [-0.39, 0.29) is 12.4 Å². The number of fused-ring (bicyclic) bond motifs is 1. The standard InChI is InChI=1S/C27H21NO3/c29-26(17-22-9-11-25-18-28-14-13-23(25)16-22)12-10-20-7-4-8-24(15-20)27(30)31-19-21-5-2-1-3-6-21/h1-16,18H,17,19H2/b12-10+. The number of ether oxygens (including phenoxy) is 1. The largest absolute Gasteiger partial charge is 0.457 e. The summed E-state index contributed by atoms with van der Waals surface area (Å²) in [6.45, 7) is 0.222. The smallest absolute Gasteiger partial charge is 0.338 e. The van der Waals surface area contributed by atoms with Gasteiger partial charge in [-0.1, -0.05) is 66.7 Å². The van der Waals surface area contributed by atoms with E-state index >= 15 is 0 Å². The first-order valence-corrected chi connectivity index (χ1v) is 10.0. The molecule has 0 saturated heterocycles. The van der Waals surface area contributed by atoms with Crippen LogP contribution in [0.2, 0.25) is 0 Å². The molecule has 0 atom stereocenters. The summed E-state index contributed by atoms with van der Waals surface area (Å²) in [4.78, 5) is 28.9. The molecular formula is C27H21NO3. The second-order valence-corrected chi connectivity index (χ2v) is 7.22. The minimum atomic E-state index is -0.393. The van der Waals surface area contributed by atoms with Crippen LogP contribution in [-0.2, 0) is 22.6 Å². The normalized spacial score (nSPS) is 11.0. The monoisotopic (exact) mass is 407 g/mol. The number of nitrogens with zero attached hydrogens (tertiary/aromatic N) is 1. The molecule has 0 N–H and O–H groups in total. The minimum Gasteiger partial charge on any atom is -0.457 e. The Morgan fingerprint density at radius 2 is 1.71 bits per heavy atom. The zero-order chi connectivity index (χ0) is 21.5. The van der Waals surface area contributed by atoms with Crippen molar-refractivity contribution >= 4 is 28.6 Å². The summed E-state index contributed by atoms with van der Waals surface area (Å²) in [5.74, 6) is -0.401.